The number of aliphatic hydroxyl groups is 2. The number of allylic oxidation sites excluding steroid dienone is 1. The first kappa shape index (κ1) is 21.3. The molecule has 5 atom stereocenters. The molecule has 0 radical (unpaired) electrons. The van der Waals surface area contributed by atoms with Gasteiger partial charge in [0, 0.05) is 13.1 Å². The maximum atomic E-state index is 12.8. The number of hydrogen-bond acceptors (Lipinski definition) is 6. The van der Waals surface area contributed by atoms with Crippen molar-refractivity contribution in [2.75, 3.05) is 20.1 Å². The second kappa shape index (κ2) is 7.66. The molecule has 2 aliphatic carbocycles. The molecule has 0 amide bonds. The summed E-state index contributed by atoms with van der Waals surface area (Å²) >= 11 is 0. The fourth-order valence-electron chi connectivity index (χ4n) is 5.86. The number of phenolic OH excluding ortho intramolecular Hbond substituents is 1. The summed E-state index contributed by atoms with van der Waals surface area (Å²) in [5.74, 6) is -0.890. The Hall–Kier alpha value is -1.89. The Labute approximate surface area is 178 Å². The second-order valence-corrected chi connectivity index (χ2v) is 9.80. The Morgan fingerprint density at radius 3 is 2.80 bits per heavy atom. The molecule has 0 aromatic heterocycles. The predicted octanol–water partition coefficient (Wildman–Crippen LogP) is 2.93. The van der Waals surface area contributed by atoms with Gasteiger partial charge in [0.25, 0.3) is 0 Å². The van der Waals surface area contributed by atoms with E-state index in [1.165, 1.54) is 11.6 Å². The highest BCUT2D eigenvalue weighted by atomic mass is 16.6. The van der Waals surface area contributed by atoms with Crippen molar-refractivity contribution in [3.8, 4) is 5.75 Å². The Morgan fingerprint density at radius 1 is 1.30 bits per heavy atom. The van der Waals surface area contributed by atoms with E-state index in [1.54, 1.807) is 18.2 Å². The van der Waals surface area contributed by atoms with E-state index in [0.29, 0.717) is 18.5 Å². The van der Waals surface area contributed by atoms with Crippen molar-refractivity contribution in [3.05, 3.63) is 41.0 Å². The predicted molar refractivity (Wildman–Crippen MR) is 113 cm³/mol. The van der Waals surface area contributed by atoms with E-state index < -0.39 is 23.7 Å². The van der Waals surface area contributed by atoms with Crippen molar-refractivity contribution in [1.29, 1.82) is 0 Å². The number of carbonyl (C=O) groups is 1. The molecule has 0 bridgehead atoms. The van der Waals surface area contributed by atoms with Crippen molar-refractivity contribution in [2.24, 2.45) is 11.3 Å². The Bertz CT molecular complexity index is 867. The SMILES string of the molecule is CC1=C2[C@@H]3OC(=O)C(CN(C)CC(O)c4cccc(O)c4)C3(O)CC[C@@]2(C)CCC1. The van der Waals surface area contributed by atoms with Crippen LogP contribution < -0.4 is 0 Å². The number of hydrogen-bond donors (Lipinski definition) is 3. The highest BCUT2D eigenvalue weighted by Gasteiger charge is 2.63. The number of ether oxygens (including phenoxy) is 1. The monoisotopic (exact) mass is 415 g/mol. The molecule has 1 aliphatic heterocycles. The first-order valence-corrected chi connectivity index (χ1v) is 10.9. The van der Waals surface area contributed by atoms with Gasteiger partial charge in [-0.25, -0.2) is 0 Å². The van der Waals surface area contributed by atoms with Crippen molar-refractivity contribution in [3.63, 3.8) is 0 Å². The van der Waals surface area contributed by atoms with Crippen LogP contribution in [0, 0.1) is 11.3 Å². The molecule has 30 heavy (non-hydrogen) atoms. The summed E-state index contributed by atoms with van der Waals surface area (Å²) in [4.78, 5) is 14.7. The Balaban J connectivity index is 1.51. The number of carbonyl (C=O) groups excluding carboxylic acids is 1. The molecule has 1 saturated heterocycles. The van der Waals surface area contributed by atoms with Gasteiger partial charge in [-0.2, -0.15) is 0 Å². The maximum Gasteiger partial charge on any atom is 0.314 e. The van der Waals surface area contributed by atoms with E-state index in [0.717, 1.165) is 31.3 Å². The average Bonchev–Trinajstić information content (AvgIpc) is 2.92. The third-order valence-corrected chi connectivity index (χ3v) is 7.54. The second-order valence-electron chi connectivity index (χ2n) is 9.80. The minimum Gasteiger partial charge on any atom is -0.508 e. The first-order chi connectivity index (χ1) is 14.1. The quantitative estimate of drug-likeness (QED) is 0.506. The molecule has 6 nitrogen and oxygen atoms in total. The van der Waals surface area contributed by atoms with E-state index in [4.69, 9.17) is 4.74 Å². The minimum absolute atomic E-state index is 0.00576. The lowest BCUT2D eigenvalue weighted by Crippen LogP contribution is -2.55. The average molecular weight is 416 g/mol. The lowest BCUT2D eigenvalue weighted by Gasteiger charge is -2.49. The van der Waals surface area contributed by atoms with Crippen LogP contribution in [0.4, 0.5) is 0 Å². The van der Waals surface area contributed by atoms with E-state index in [1.807, 2.05) is 11.9 Å². The largest absolute Gasteiger partial charge is 0.508 e. The standard InChI is InChI=1S/C24H33NO5/c1-15-6-5-9-23(2)10-11-24(29)18(22(28)30-21(24)20(15)23)13-25(3)14-19(27)16-7-4-8-17(26)12-16/h4,7-8,12,18-19,21,26-27,29H,5-6,9-11,13-14H2,1-3H3/t18?,19?,21-,23+,24?/m0/s1. The number of likely N-dealkylation sites (N-methyl/N-ethyl adjacent to an activating group) is 1. The Morgan fingerprint density at radius 2 is 2.07 bits per heavy atom. The topological polar surface area (TPSA) is 90.2 Å². The molecule has 3 unspecified atom stereocenters. The van der Waals surface area contributed by atoms with Crippen LogP contribution in [0.5, 0.6) is 5.75 Å². The molecule has 1 saturated carbocycles. The van der Waals surface area contributed by atoms with Crippen LogP contribution in [0.3, 0.4) is 0 Å². The van der Waals surface area contributed by atoms with Gasteiger partial charge in [-0.1, -0.05) is 24.6 Å². The molecular weight excluding hydrogens is 382 g/mol. The van der Waals surface area contributed by atoms with Gasteiger partial charge in [-0.15, -0.1) is 0 Å². The summed E-state index contributed by atoms with van der Waals surface area (Å²) in [6.07, 6.45) is 3.26. The molecule has 3 aliphatic rings. The minimum atomic E-state index is -1.20. The van der Waals surface area contributed by atoms with Crippen molar-refractivity contribution < 1.29 is 24.9 Å². The zero-order valence-corrected chi connectivity index (χ0v) is 18.1. The fourth-order valence-corrected chi connectivity index (χ4v) is 5.86. The van der Waals surface area contributed by atoms with Gasteiger partial charge in [0.1, 0.15) is 17.3 Å². The number of rotatable bonds is 5. The van der Waals surface area contributed by atoms with Crippen molar-refractivity contribution in [2.45, 2.75) is 63.8 Å². The smallest absolute Gasteiger partial charge is 0.314 e. The van der Waals surface area contributed by atoms with Crippen LogP contribution in [0.15, 0.2) is 35.4 Å². The number of benzene rings is 1. The molecule has 2 fully saturated rings. The van der Waals surface area contributed by atoms with Gasteiger partial charge < -0.3 is 25.0 Å². The first-order valence-electron chi connectivity index (χ1n) is 10.9. The lowest BCUT2D eigenvalue weighted by atomic mass is 9.58. The number of aromatic hydroxyl groups is 1. The summed E-state index contributed by atoms with van der Waals surface area (Å²) in [5, 5.41) is 31.8. The van der Waals surface area contributed by atoms with Gasteiger partial charge in [0.2, 0.25) is 0 Å². The highest BCUT2D eigenvalue weighted by Crippen LogP contribution is 2.57. The van der Waals surface area contributed by atoms with Crippen LogP contribution in [0.1, 0.15) is 57.6 Å². The van der Waals surface area contributed by atoms with Crippen LogP contribution in [-0.4, -0.2) is 58.0 Å². The molecule has 1 aromatic rings. The lowest BCUT2D eigenvalue weighted by molar-refractivity contribution is -0.144. The van der Waals surface area contributed by atoms with Gasteiger partial charge in [0.05, 0.1) is 6.10 Å². The van der Waals surface area contributed by atoms with Gasteiger partial charge >= 0.3 is 5.97 Å². The molecule has 6 heteroatoms. The number of esters is 1. The van der Waals surface area contributed by atoms with Gasteiger partial charge in [0.15, 0.2) is 6.10 Å². The highest BCUT2D eigenvalue weighted by molar-refractivity contribution is 5.78. The number of aliphatic hydroxyl groups excluding tert-OH is 1. The zero-order chi connectivity index (χ0) is 21.7. The molecular formula is C24H33NO5. The van der Waals surface area contributed by atoms with Crippen LogP contribution in [-0.2, 0) is 9.53 Å². The van der Waals surface area contributed by atoms with Crippen molar-refractivity contribution in [1.82, 2.24) is 4.90 Å². The van der Waals surface area contributed by atoms with E-state index in [2.05, 4.69) is 13.8 Å². The van der Waals surface area contributed by atoms with E-state index in [9.17, 15) is 20.1 Å². The molecule has 4 rings (SSSR count). The molecule has 0 spiro atoms. The van der Waals surface area contributed by atoms with E-state index >= 15 is 0 Å². The molecule has 3 N–H and O–H groups in total. The summed E-state index contributed by atoms with van der Waals surface area (Å²) in [7, 11) is 1.83. The summed E-state index contributed by atoms with van der Waals surface area (Å²) in [5.41, 5.74) is 1.82. The normalized spacial score (nSPS) is 34.5. The number of phenols is 1. The zero-order valence-electron chi connectivity index (χ0n) is 18.1. The van der Waals surface area contributed by atoms with Crippen LogP contribution in [0.25, 0.3) is 0 Å². The maximum absolute atomic E-state index is 12.8. The summed E-state index contributed by atoms with van der Waals surface area (Å²) < 4.78 is 5.82. The number of nitrogens with zero attached hydrogens (tertiary/aromatic N) is 1. The molecule has 164 valence electrons. The third kappa shape index (κ3) is 3.55. The third-order valence-electron chi connectivity index (χ3n) is 7.54. The molecule has 1 aromatic carbocycles. The molecule has 1 heterocycles. The Kier molecular flexibility index (Phi) is 5.45. The van der Waals surface area contributed by atoms with Gasteiger partial charge in [-0.05, 0) is 74.8 Å². The van der Waals surface area contributed by atoms with Crippen molar-refractivity contribution >= 4 is 5.97 Å². The van der Waals surface area contributed by atoms with E-state index in [-0.39, 0.29) is 23.7 Å². The summed E-state index contributed by atoms with van der Waals surface area (Å²) in [6.45, 7) is 4.94. The van der Waals surface area contributed by atoms with Crippen LogP contribution >= 0.6 is 0 Å². The van der Waals surface area contributed by atoms with Gasteiger partial charge in [-0.3, -0.25) is 4.79 Å². The van der Waals surface area contributed by atoms with Crippen LogP contribution in [0.2, 0.25) is 0 Å². The fraction of sp³-hybridized carbons (Fsp3) is 0.625. The number of fused-ring (bicyclic) bond motifs is 3. The summed E-state index contributed by atoms with van der Waals surface area (Å²) in [6, 6.07) is 6.54.